The molecule has 0 spiro atoms. The molecule has 8 nitrogen and oxygen atoms in total. The van der Waals surface area contributed by atoms with E-state index >= 15 is 0 Å². The molecule has 0 N–H and O–H groups in total. The van der Waals surface area contributed by atoms with Crippen LogP contribution in [0.3, 0.4) is 0 Å². The fourth-order valence-electron chi connectivity index (χ4n) is 3.89. The van der Waals surface area contributed by atoms with Crippen molar-refractivity contribution in [1.29, 1.82) is 0 Å². The van der Waals surface area contributed by atoms with Gasteiger partial charge in [0.2, 0.25) is 10.0 Å². The lowest BCUT2D eigenvalue weighted by Gasteiger charge is -2.31. The number of piperidine rings is 1. The maximum absolute atomic E-state index is 13.0. The van der Waals surface area contributed by atoms with Crippen LogP contribution in [0.25, 0.3) is 0 Å². The first kappa shape index (κ1) is 20.7. The quantitative estimate of drug-likeness (QED) is 0.419. The van der Waals surface area contributed by atoms with Gasteiger partial charge in [0.1, 0.15) is 6.10 Å². The molecule has 1 saturated heterocycles. The van der Waals surface area contributed by atoms with E-state index in [1.54, 1.807) is 6.92 Å². The number of benzene rings is 1. The van der Waals surface area contributed by atoms with Crippen LogP contribution in [0.1, 0.15) is 50.5 Å². The van der Waals surface area contributed by atoms with E-state index in [0.717, 1.165) is 31.7 Å². The lowest BCUT2D eigenvalue weighted by atomic mass is 9.96. The molecule has 1 aliphatic carbocycles. The van der Waals surface area contributed by atoms with Gasteiger partial charge < -0.3 is 4.74 Å². The number of ether oxygens (including phenoxy) is 1. The van der Waals surface area contributed by atoms with Gasteiger partial charge in [-0.25, -0.2) is 8.42 Å². The van der Waals surface area contributed by atoms with Gasteiger partial charge in [0.25, 0.3) is 5.69 Å². The molecular formula is C19H26N2O6S. The number of nitro groups is 1. The molecule has 0 amide bonds. The zero-order valence-electron chi connectivity index (χ0n) is 16.0. The van der Waals surface area contributed by atoms with Crippen molar-refractivity contribution in [2.75, 3.05) is 13.1 Å². The Kier molecular flexibility index (Phi) is 6.34. The van der Waals surface area contributed by atoms with Crippen molar-refractivity contribution in [1.82, 2.24) is 4.31 Å². The van der Waals surface area contributed by atoms with E-state index in [2.05, 4.69) is 0 Å². The zero-order valence-corrected chi connectivity index (χ0v) is 16.8. The monoisotopic (exact) mass is 410 g/mol. The number of non-ortho nitro benzene ring substituents is 1. The Morgan fingerprint density at radius 3 is 2.39 bits per heavy atom. The number of aryl methyl sites for hydroxylation is 1. The third-order valence-corrected chi connectivity index (χ3v) is 7.66. The highest BCUT2D eigenvalue weighted by molar-refractivity contribution is 7.89. The van der Waals surface area contributed by atoms with Crippen molar-refractivity contribution >= 4 is 21.7 Å². The predicted octanol–water partition coefficient (Wildman–Crippen LogP) is 3.18. The van der Waals surface area contributed by atoms with E-state index in [9.17, 15) is 23.3 Å². The van der Waals surface area contributed by atoms with Gasteiger partial charge in [-0.1, -0.05) is 12.5 Å². The predicted molar refractivity (Wildman–Crippen MR) is 102 cm³/mol. The Hall–Kier alpha value is -2.00. The molecule has 0 unspecified atom stereocenters. The summed E-state index contributed by atoms with van der Waals surface area (Å²) >= 11 is 0. The second-order valence-electron chi connectivity index (χ2n) is 7.58. The van der Waals surface area contributed by atoms with Crippen LogP contribution in [-0.2, 0) is 19.6 Å². The summed E-state index contributed by atoms with van der Waals surface area (Å²) in [5.74, 6) is -0.518. The van der Waals surface area contributed by atoms with Crippen LogP contribution in [0.2, 0.25) is 0 Å². The number of nitrogens with zero attached hydrogens (tertiary/aromatic N) is 2. The number of rotatable bonds is 5. The third kappa shape index (κ3) is 4.52. The summed E-state index contributed by atoms with van der Waals surface area (Å²) in [7, 11) is -3.85. The highest BCUT2D eigenvalue weighted by Crippen LogP contribution is 2.29. The summed E-state index contributed by atoms with van der Waals surface area (Å²) in [4.78, 5) is 22.7. The summed E-state index contributed by atoms with van der Waals surface area (Å²) < 4.78 is 32.9. The molecule has 1 aromatic rings. The minimum atomic E-state index is -3.85. The second-order valence-corrected chi connectivity index (χ2v) is 9.49. The molecule has 9 heteroatoms. The van der Waals surface area contributed by atoms with Crippen molar-refractivity contribution in [3.8, 4) is 0 Å². The van der Waals surface area contributed by atoms with Gasteiger partial charge >= 0.3 is 5.97 Å². The van der Waals surface area contributed by atoms with Gasteiger partial charge in [-0.05, 0) is 51.0 Å². The average Bonchev–Trinajstić information content (AvgIpc) is 2.69. The van der Waals surface area contributed by atoms with E-state index < -0.39 is 14.9 Å². The molecule has 28 heavy (non-hydrogen) atoms. The molecule has 0 bridgehead atoms. The number of hydrogen-bond acceptors (Lipinski definition) is 6. The fraction of sp³-hybridized carbons (Fsp3) is 0.632. The molecule has 0 atom stereocenters. The largest absolute Gasteiger partial charge is 0.462 e. The standard InChI is InChI=1S/C19H26N2O6S/c1-14-7-8-16(21(23)24)13-18(14)28(25,26)20-11-9-15(10-12-20)19(22)27-17-5-3-2-4-6-17/h7-8,13,15,17H,2-6,9-12H2,1H3. The number of hydrogen-bond donors (Lipinski definition) is 0. The zero-order chi connectivity index (χ0) is 20.3. The van der Waals surface area contributed by atoms with Crippen LogP contribution in [0.4, 0.5) is 5.69 Å². The molecule has 3 rings (SSSR count). The van der Waals surface area contributed by atoms with E-state index in [1.165, 1.54) is 22.9 Å². The molecule has 2 aliphatic rings. The maximum atomic E-state index is 13.0. The number of sulfonamides is 1. The first-order valence-corrected chi connectivity index (χ1v) is 11.2. The third-order valence-electron chi connectivity index (χ3n) is 5.62. The molecular weight excluding hydrogens is 384 g/mol. The normalized spacial score (nSPS) is 20.0. The first-order chi connectivity index (χ1) is 13.3. The SMILES string of the molecule is Cc1ccc([N+](=O)[O-])cc1S(=O)(=O)N1CCC(C(=O)OC2CCCCC2)CC1. The number of carbonyl (C=O) groups is 1. The molecule has 1 heterocycles. The number of esters is 1. The number of carbonyl (C=O) groups excluding carboxylic acids is 1. The van der Waals surface area contributed by atoms with E-state index in [1.807, 2.05) is 0 Å². The Balaban J connectivity index is 1.64. The van der Waals surface area contributed by atoms with Crippen LogP contribution >= 0.6 is 0 Å². The smallest absolute Gasteiger partial charge is 0.309 e. The van der Waals surface area contributed by atoms with Gasteiger partial charge in [0, 0.05) is 25.2 Å². The van der Waals surface area contributed by atoms with Gasteiger partial charge in [-0.3, -0.25) is 14.9 Å². The Bertz CT molecular complexity index is 840. The van der Waals surface area contributed by atoms with Crippen molar-refractivity contribution in [3.63, 3.8) is 0 Å². The topological polar surface area (TPSA) is 107 Å². The number of nitro benzene ring substituents is 1. The highest BCUT2D eigenvalue weighted by Gasteiger charge is 2.35. The van der Waals surface area contributed by atoms with E-state index in [4.69, 9.17) is 4.74 Å². The molecule has 1 aliphatic heterocycles. The molecule has 1 saturated carbocycles. The molecule has 154 valence electrons. The second kappa shape index (κ2) is 8.57. The highest BCUT2D eigenvalue weighted by atomic mass is 32.2. The Morgan fingerprint density at radius 2 is 1.79 bits per heavy atom. The van der Waals surface area contributed by atoms with Crippen LogP contribution in [0.15, 0.2) is 23.1 Å². The lowest BCUT2D eigenvalue weighted by molar-refractivity contribution is -0.385. The minimum absolute atomic E-state index is 0.00414. The lowest BCUT2D eigenvalue weighted by Crippen LogP contribution is -2.41. The van der Waals surface area contributed by atoms with Crippen molar-refractivity contribution in [2.45, 2.75) is 62.9 Å². The van der Waals surface area contributed by atoms with Gasteiger partial charge in [0.05, 0.1) is 15.7 Å². The molecule has 0 radical (unpaired) electrons. The minimum Gasteiger partial charge on any atom is -0.462 e. The summed E-state index contributed by atoms with van der Waals surface area (Å²) in [6, 6.07) is 3.84. The van der Waals surface area contributed by atoms with Gasteiger partial charge in [-0.2, -0.15) is 4.31 Å². The summed E-state index contributed by atoms with van der Waals surface area (Å²) in [5, 5.41) is 11.0. The molecule has 1 aromatic carbocycles. The summed E-state index contributed by atoms with van der Waals surface area (Å²) in [6.45, 7) is 2.02. The molecule has 0 aromatic heterocycles. The maximum Gasteiger partial charge on any atom is 0.309 e. The average molecular weight is 410 g/mol. The van der Waals surface area contributed by atoms with Crippen molar-refractivity contribution in [3.05, 3.63) is 33.9 Å². The molecule has 2 fully saturated rings. The van der Waals surface area contributed by atoms with Crippen LogP contribution in [-0.4, -0.2) is 42.8 Å². The summed E-state index contributed by atoms with van der Waals surface area (Å²) in [6.07, 6.45) is 5.96. The van der Waals surface area contributed by atoms with E-state index in [0.29, 0.717) is 18.4 Å². The first-order valence-electron chi connectivity index (χ1n) is 9.74. The van der Waals surface area contributed by atoms with Crippen molar-refractivity contribution < 1.29 is 22.9 Å². The van der Waals surface area contributed by atoms with Gasteiger partial charge in [-0.15, -0.1) is 0 Å². The van der Waals surface area contributed by atoms with Crippen LogP contribution in [0.5, 0.6) is 0 Å². The Morgan fingerprint density at radius 1 is 1.14 bits per heavy atom. The van der Waals surface area contributed by atoms with Gasteiger partial charge in [0.15, 0.2) is 0 Å². The fourth-order valence-corrected chi connectivity index (χ4v) is 5.61. The Labute approximate surface area is 165 Å². The van der Waals surface area contributed by atoms with Crippen LogP contribution < -0.4 is 0 Å². The summed E-state index contributed by atoms with van der Waals surface area (Å²) in [5.41, 5.74) is 0.208. The van der Waals surface area contributed by atoms with Crippen LogP contribution in [0, 0.1) is 23.0 Å². The van der Waals surface area contributed by atoms with Crippen molar-refractivity contribution in [2.24, 2.45) is 5.92 Å². The van der Waals surface area contributed by atoms with E-state index in [-0.39, 0.29) is 41.7 Å².